The van der Waals surface area contributed by atoms with Crippen molar-refractivity contribution in [1.82, 2.24) is 15.5 Å². The fourth-order valence-electron chi connectivity index (χ4n) is 1.82. The van der Waals surface area contributed by atoms with Crippen molar-refractivity contribution in [3.8, 4) is 0 Å². The summed E-state index contributed by atoms with van der Waals surface area (Å²) >= 11 is 0. The number of hydrogen-bond acceptors (Lipinski definition) is 4. The lowest BCUT2D eigenvalue weighted by molar-refractivity contribution is -0.126. The maximum absolute atomic E-state index is 11.6. The number of carbonyl (C=O) groups excluding carboxylic acids is 2. The molecule has 6 heteroatoms. The van der Waals surface area contributed by atoms with Gasteiger partial charge < -0.3 is 10.1 Å². The van der Waals surface area contributed by atoms with E-state index in [9.17, 15) is 9.59 Å². The zero-order valence-electron chi connectivity index (χ0n) is 10.7. The van der Waals surface area contributed by atoms with E-state index >= 15 is 0 Å². The van der Waals surface area contributed by atoms with Crippen LogP contribution in [-0.4, -0.2) is 55.2 Å². The molecule has 2 N–H and O–H groups in total. The Morgan fingerprint density at radius 3 is 2.71 bits per heavy atom. The number of urea groups is 1. The Bertz CT molecular complexity index is 292. The molecule has 0 spiro atoms. The van der Waals surface area contributed by atoms with Gasteiger partial charge in [0.05, 0.1) is 18.8 Å². The van der Waals surface area contributed by atoms with Gasteiger partial charge in [0.15, 0.2) is 0 Å². The Morgan fingerprint density at radius 1 is 1.41 bits per heavy atom. The maximum Gasteiger partial charge on any atom is 0.321 e. The molecule has 0 unspecified atom stereocenters. The molecular formula is C11H21N3O3. The van der Waals surface area contributed by atoms with Gasteiger partial charge >= 0.3 is 6.03 Å². The van der Waals surface area contributed by atoms with Crippen LogP contribution in [0.25, 0.3) is 0 Å². The molecule has 0 aromatic heterocycles. The van der Waals surface area contributed by atoms with Gasteiger partial charge in [0, 0.05) is 19.6 Å². The van der Waals surface area contributed by atoms with E-state index in [4.69, 9.17) is 4.74 Å². The van der Waals surface area contributed by atoms with E-state index in [0.717, 1.165) is 0 Å². The first-order chi connectivity index (χ1) is 7.93. The summed E-state index contributed by atoms with van der Waals surface area (Å²) in [5.74, 6) is -0.284. The monoisotopic (exact) mass is 243 g/mol. The van der Waals surface area contributed by atoms with Crippen LogP contribution in [0.3, 0.4) is 0 Å². The van der Waals surface area contributed by atoms with Crippen molar-refractivity contribution in [1.29, 1.82) is 0 Å². The van der Waals surface area contributed by atoms with Gasteiger partial charge in [-0.15, -0.1) is 0 Å². The van der Waals surface area contributed by atoms with Crippen LogP contribution in [0.15, 0.2) is 0 Å². The van der Waals surface area contributed by atoms with Crippen LogP contribution in [0.2, 0.25) is 0 Å². The van der Waals surface area contributed by atoms with Crippen LogP contribution < -0.4 is 10.6 Å². The highest BCUT2D eigenvalue weighted by Gasteiger charge is 2.28. The number of amides is 3. The quantitative estimate of drug-likeness (QED) is 0.728. The second-order valence-electron chi connectivity index (χ2n) is 4.73. The minimum Gasteiger partial charge on any atom is -0.373 e. The number of hydrogen-bond donors (Lipinski definition) is 2. The molecule has 98 valence electrons. The van der Waals surface area contributed by atoms with E-state index in [2.05, 4.69) is 10.6 Å². The molecule has 0 saturated carbocycles. The van der Waals surface area contributed by atoms with Gasteiger partial charge in [-0.05, 0) is 20.8 Å². The third-order valence-corrected chi connectivity index (χ3v) is 2.46. The van der Waals surface area contributed by atoms with Crippen LogP contribution in [0.4, 0.5) is 4.79 Å². The van der Waals surface area contributed by atoms with Gasteiger partial charge in [-0.1, -0.05) is 0 Å². The van der Waals surface area contributed by atoms with Crippen LogP contribution in [0, 0.1) is 0 Å². The Morgan fingerprint density at radius 2 is 2.12 bits per heavy atom. The van der Waals surface area contributed by atoms with E-state index < -0.39 is 6.03 Å². The number of ether oxygens (including phenoxy) is 1. The fraction of sp³-hybridized carbons (Fsp3) is 0.818. The van der Waals surface area contributed by atoms with Crippen molar-refractivity contribution in [2.75, 3.05) is 32.8 Å². The Labute approximate surface area is 102 Å². The minimum atomic E-state index is -0.440. The lowest BCUT2D eigenvalue weighted by atomic mass is 10.1. The average molecular weight is 243 g/mol. The molecule has 17 heavy (non-hydrogen) atoms. The van der Waals surface area contributed by atoms with Crippen molar-refractivity contribution in [3.05, 3.63) is 0 Å². The topological polar surface area (TPSA) is 70.7 Å². The summed E-state index contributed by atoms with van der Waals surface area (Å²) in [4.78, 5) is 24.7. The lowest BCUT2D eigenvalue weighted by Crippen LogP contribution is -2.52. The molecule has 1 fully saturated rings. The van der Waals surface area contributed by atoms with Crippen molar-refractivity contribution in [2.24, 2.45) is 0 Å². The molecule has 1 rings (SSSR count). The smallest absolute Gasteiger partial charge is 0.321 e. The average Bonchev–Trinajstić information content (AvgIpc) is 2.15. The molecule has 3 amide bonds. The predicted molar refractivity (Wildman–Crippen MR) is 63.7 cm³/mol. The highest BCUT2D eigenvalue weighted by Crippen LogP contribution is 2.15. The molecule has 0 aromatic rings. The lowest BCUT2D eigenvalue weighted by Gasteiger charge is -2.37. The second-order valence-corrected chi connectivity index (χ2v) is 4.73. The summed E-state index contributed by atoms with van der Waals surface area (Å²) in [6.07, 6.45) is 0. The molecule has 0 radical (unpaired) electrons. The zero-order valence-corrected chi connectivity index (χ0v) is 10.7. The first-order valence-corrected chi connectivity index (χ1v) is 5.87. The molecule has 1 saturated heterocycles. The third kappa shape index (κ3) is 5.14. The summed E-state index contributed by atoms with van der Waals surface area (Å²) < 4.78 is 5.54. The minimum absolute atomic E-state index is 0.226. The first kappa shape index (κ1) is 13.9. The van der Waals surface area contributed by atoms with Gasteiger partial charge in [-0.25, -0.2) is 4.79 Å². The largest absolute Gasteiger partial charge is 0.373 e. The van der Waals surface area contributed by atoms with Crippen LogP contribution in [0.5, 0.6) is 0 Å². The maximum atomic E-state index is 11.6. The molecule has 6 nitrogen and oxygen atoms in total. The second kappa shape index (κ2) is 5.97. The molecule has 1 aliphatic heterocycles. The van der Waals surface area contributed by atoms with Gasteiger partial charge in [0.25, 0.3) is 0 Å². The SMILES string of the molecule is CCNC(=O)NC(=O)CN1CCOC(C)(C)C1. The number of rotatable bonds is 3. The Hall–Kier alpha value is -1.14. The first-order valence-electron chi connectivity index (χ1n) is 5.87. The van der Waals surface area contributed by atoms with Gasteiger partial charge in [0.2, 0.25) is 5.91 Å². The Balaban J connectivity index is 2.33. The molecule has 0 aromatic carbocycles. The standard InChI is InChI=1S/C11H21N3O3/c1-4-12-10(16)13-9(15)7-14-5-6-17-11(2,3)8-14/h4-8H2,1-3H3,(H2,12,13,15,16). The zero-order chi connectivity index (χ0) is 12.9. The molecular weight excluding hydrogens is 222 g/mol. The number of morpholine rings is 1. The molecule has 1 aliphatic rings. The number of imide groups is 1. The molecule has 0 bridgehead atoms. The highest BCUT2D eigenvalue weighted by atomic mass is 16.5. The van der Waals surface area contributed by atoms with E-state index in [0.29, 0.717) is 26.2 Å². The summed E-state index contributed by atoms with van der Waals surface area (Å²) in [7, 11) is 0. The fourth-order valence-corrected chi connectivity index (χ4v) is 1.82. The van der Waals surface area contributed by atoms with E-state index in [1.807, 2.05) is 18.7 Å². The van der Waals surface area contributed by atoms with Gasteiger partial charge in [0.1, 0.15) is 0 Å². The summed E-state index contributed by atoms with van der Waals surface area (Å²) in [5.41, 5.74) is -0.232. The third-order valence-electron chi connectivity index (χ3n) is 2.46. The summed E-state index contributed by atoms with van der Waals surface area (Å²) in [6, 6.07) is -0.440. The summed E-state index contributed by atoms with van der Waals surface area (Å²) in [5, 5.41) is 4.80. The Kier molecular flexibility index (Phi) is 4.89. The molecule has 0 aliphatic carbocycles. The van der Waals surface area contributed by atoms with Crippen molar-refractivity contribution in [2.45, 2.75) is 26.4 Å². The highest BCUT2D eigenvalue weighted by molar-refractivity contribution is 5.95. The van der Waals surface area contributed by atoms with E-state index in [1.165, 1.54) is 0 Å². The molecule has 0 atom stereocenters. The van der Waals surface area contributed by atoms with Crippen molar-refractivity contribution >= 4 is 11.9 Å². The summed E-state index contributed by atoms with van der Waals surface area (Å²) in [6.45, 7) is 8.52. The van der Waals surface area contributed by atoms with Crippen LogP contribution >= 0.6 is 0 Å². The van der Waals surface area contributed by atoms with Crippen LogP contribution in [0.1, 0.15) is 20.8 Å². The number of carbonyl (C=O) groups is 2. The predicted octanol–water partition coefficient (Wildman–Crippen LogP) is -0.0571. The normalized spacial score (nSPS) is 19.7. The van der Waals surface area contributed by atoms with Crippen LogP contribution in [-0.2, 0) is 9.53 Å². The number of nitrogens with zero attached hydrogens (tertiary/aromatic N) is 1. The number of nitrogens with one attached hydrogen (secondary N) is 2. The van der Waals surface area contributed by atoms with Gasteiger partial charge in [-0.2, -0.15) is 0 Å². The van der Waals surface area contributed by atoms with E-state index in [-0.39, 0.29) is 18.1 Å². The van der Waals surface area contributed by atoms with Gasteiger partial charge in [-0.3, -0.25) is 15.0 Å². The van der Waals surface area contributed by atoms with Crippen molar-refractivity contribution < 1.29 is 14.3 Å². The molecule has 1 heterocycles. The van der Waals surface area contributed by atoms with Crippen molar-refractivity contribution in [3.63, 3.8) is 0 Å². The van der Waals surface area contributed by atoms with E-state index in [1.54, 1.807) is 6.92 Å².